The van der Waals surface area contributed by atoms with Gasteiger partial charge in [-0.1, -0.05) is 30.9 Å². The average molecular weight is 305 g/mol. The van der Waals surface area contributed by atoms with Crippen molar-refractivity contribution < 1.29 is 4.74 Å². The molecule has 0 spiro atoms. The topological polar surface area (TPSA) is 34.1 Å². The van der Waals surface area contributed by atoms with Crippen molar-refractivity contribution in [2.24, 2.45) is 0 Å². The van der Waals surface area contributed by atoms with Crippen LogP contribution in [-0.2, 0) is 4.74 Å². The summed E-state index contributed by atoms with van der Waals surface area (Å²) in [5.74, 6) is 0. The second-order valence-electron chi connectivity index (χ2n) is 5.58. The van der Waals surface area contributed by atoms with E-state index in [1.807, 2.05) is 30.5 Å². The molecule has 21 heavy (non-hydrogen) atoms. The summed E-state index contributed by atoms with van der Waals surface area (Å²) in [6.07, 6.45) is 8.70. The Morgan fingerprint density at radius 1 is 1.19 bits per heavy atom. The molecule has 1 heterocycles. The van der Waals surface area contributed by atoms with Crippen LogP contribution in [0.4, 0.5) is 5.69 Å². The van der Waals surface area contributed by atoms with E-state index < -0.39 is 0 Å². The van der Waals surface area contributed by atoms with Crippen molar-refractivity contribution in [3.8, 4) is 0 Å². The van der Waals surface area contributed by atoms with E-state index in [4.69, 9.17) is 16.3 Å². The Morgan fingerprint density at radius 3 is 2.90 bits per heavy atom. The van der Waals surface area contributed by atoms with Crippen LogP contribution in [0.3, 0.4) is 0 Å². The van der Waals surface area contributed by atoms with Gasteiger partial charge in [-0.05, 0) is 37.1 Å². The Morgan fingerprint density at radius 2 is 2.05 bits per heavy atom. The Kier molecular flexibility index (Phi) is 4.94. The normalized spacial score (nSPS) is 16.2. The molecule has 0 unspecified atom stereocenters. The van der Waals surface area contributed by atoms with Crippen molar-refractivity contribution in [2.75, 3.05) is 18.5 Å². The number of fused-ring (bicyclic) bond motifs is 1. The highest BCUT2D eigenvalue weighted by Gasteiger charge is 2.13. The second-order valence-corrected chi connectivity index (χ2v) is 6.01. The number of aromatic nitrogens is 1. The maximum absolute atomic E-state index is 6.00. The molecule has 3 nitrogen and oxygen atoms in total. The van der Waals surface area contributed by atoms with Gasteiger partial charge in [0.15, 0.2) is 0 Å². The fraction of sp³-hybridized carbons (Fsp3) is 0.471. The van der Waals surface area contributed by atoms with Gasteiger partial charge in [-0.3, -0.25) is 4.98 Å². The van der Waals surface area contributed by atoms with Gasteiger partial charge < -0.3 is 10.1 Å². The lowest BCUT2D eigenvalue weighted by Crippen LogP contribution is -2.20. The van der Waals surface area contributed by atoms with Crippen molar-refractivity contribution in [2.45, 2.75) is 38.2 Å². The zero-order valence-electron chi connectivity index (χ0n) is 12.1. The number of hydrogen-bond donors (Lipinski definition) is 1. The van der Waals surface area contributed by atoms with E-state index in [-0.39, 0.29) is 0 Å². The van der Waals surface area contributed by atoms with E-state index >= 15 is 0 Å². The van der Waals surface area contributed by atoms with Gasteiger partial charge in [-0.15, -0.1) is 0 Å². The van der Waals surface area contributed by atoms with Gasteiger partial charge in [0, 0.05) is 28.8 Å². The number of pyridine rings is 1. The Labute approximate surface area is 130 Å². The van der Waals surface area contributed by atoms with Crippen molar-refractivity contribution in [3.05, 3.63) is 35.5 Å². The maximum atomic E-state index is 6.00. The van der Waals surface area contributed by atoms with Crippen LogP contribution >= 0.6 is 11.6 Å². The summed E-state index contributed by atoms with van der Waals surface area (Å²) in [7, 11) is 0. The van der Waals surface area contributed by atoms with Crippen LogP contribution < -0.4 is 5.32 Å². The van der Waals surface area contributed by atoms with E-state index in [2.05, 4.69) is 10.3 Å². The van der Waals surface area contributed by atoms with Crippen LogP contribution in [-0.4, -0.2) is 24.2 Å². The first-order valence-corrected chi connectivity index (χ1v) is 8.10. The summed E-state index contributed by atoms with van der Waals surface area (Å²) in [5.41, 5.74) is 2.00. The summed E-state index contributed by atoms with van der Waals surface area (Å²) in [5, 5.41) is 5.25. The number of halogens is 1. The molecule has 3 rings (SSSR count). The molecule has 0 amide bonds. The van der Waals surface area contributed by atoms with Crippen LogP contribution in [0.1, 0.15) is 32.1 Å². The Bertz CT molecular complexity index is 596. The standard InChI is InChI=1S/C17H21ClN2O/c18-13-6-7-15-16(8-9-19-17(15)12-13)20-10-11-21-14-4-2-1-3-5-14/h6-9,12,14H,1-5,10-11H2,(H,19,20). The smallest absolute Gasteiger partial charge is 0.0737 e. The lowest BCUT2D eigenvalue weighted by molar-refractivity contribution is 0.0347. The molecule has 4 heteroatoms. The number of nitrogens with zero attached hydrogens (tertiary/aromatic N) is 1. The van der Waals surface area contributed by atoms with Crippen LogP contribution in [0.2, 0.25) is 5.02 Å². The third kappa shape index (κ3) is 3.86. The highest BCUT2D eigenvalue weighted by atomic mass is 35.5. The minimum absolute atomic E-state index is 0.466. The van der Waals surface area contributed by atoms with E-state index in [0.29, 0.717) is 11.1 Å². The van der Waals surface area contributed by atoms with Crippen LogP contribution in [0, 0.1) is 0 Å². The number of anilines is 1. The average Bonchev–Trinajstić information content (AvgIpc) is 2.52. The Balaban J connectivity index is 1.55. The van der Waals surface area contributed by atoms with Crippen molar-refractivity contribution >= 4 is 28.2 Å². The van der Waals surface area contributed by atoms with Crippen LogP contribution in [0.5, 0.6) is 0 Å². The number of benzene rings is 1. The predicted molar refractivity (Wildman–Crippen MR) is 88.1 cm³/mol. The maximum Gasteiger partial charge on any atom is 0.0737 e. The molecule has 0 bridgehead atoms. The van der Waals surface area contributed by atoms with Gasteiger partial charge in [0.2, 0.25) is 0 Å². The molecule has 1 aromatic carbocycles. The molecule has 1 N–H and O–H groups in total. The SMILES string of the molecule is Clc1ccc2c(NCCOC3CCCCC3)ccnc2c1. The number of hydrogen-bond acceptors (Lipinski definition) is 3. The summed E-state index contributed by atoms with van der Waals surface area (Å²) in [4.78, 5) is 4.35. The lowest BCUT2D eigenvalue weighted by atomic mass is 9.98. The van der Waals surface area contributed by atoms with Crippen molar-refractivity contribution in [1.29, 1.82) is 0 Å². The van der Waals surface area contributed by atoms with Crippen molar-refractivity contribution in [3.63, 3.8) is 0 Å². The monoisotopic (exact) mass is 304 g/mol. The van der Waals surface area contributed by atoms with Crippen LogP contribution in [0.25, 0.3) is 10.9 Å². The summed E-state index contributed by atoms with van der Waals surface area (Å²) >= 11 is 6.00. The first-order chi connectivity index (χ1) is 10.3. The number of ether oxygens (including phenoxy) is 1. The molecule has 0 aliphatic heterocycles. The van der Waals surface area contributed by atoms with E-state index in [0.717, 1.165) is 29.7 Å². The van der Waals surface area contributed by atoms with Gasteiger partial charge >= 0.3 is 0 Å². The highest BCUT2D eigenvalue weighted by molar-refractivity contribution is 6.31. The molecule has 1 fully saturated rings. The first kappa shape index (κ1) is 14.6. The number of nitrogens with one attached hydrogen (secondary N) is 1. The fourth-order valence-corrected chi connectivity index (χ4v) is 3.08. The van der Waals surface area contributed by atoms with Gasteiger partial charge in [-0.25, -0.2) is 0 Å². The summed E-state index contributed by atoms with van der Waals surface area (Å²) in [6, 6.07) is 7.79. The molecule has 1 aromatic heterocycles. The third-order valence-electron chi connectivity index (χ3n) is 4.03. The molecule has 112 valence electrons. The largest absolute Gasteiger partial charge is 0.382 e. The predicted octanol–water partition coefficient (Wildman–Crippen LogP) is 4.65. The molecule has 2 aromatic rings. The van der Waals surface area contributed by atoms with Gasteiger partial charge in [0.1, 0.15) is 0 Å². The van der Waals surface area contributed by atoms with E-state index in [9.17, 15) is 0 Å². The van der Waals surface area contributed by atoms with E-state index in [1.165, 1.54) is 32.1 Å². The molecule has 0 atom stereocenters. The Hall–Kier alpha value is -1.32. The summed E-state index contributed by atoms with van der Waals surface area (Å²) < 4.78 is 5.94. The zero-order chi connectivity index (χ0) is 14.5. The van der Waals surface area contributed by atoms with Gasteiger partial charge in [-0.2, -0.15) is 0 Å². The lowest BCUT2D eigenvalue weighted by Gasteiger charge is -2.22. The second kappa shape index (κ2) is 7.10. The molecular formula is C17H21ClN2O. The van der Waals surface area contributed by atoms with Gasteiger partial charge in [0.05, 0.1) is 18.2 Å². The number of rotatable bonds is 5. The summed E-state index contributed by atoms with van der Waals surface area (Å²) in [6.45, 7) is 1.57. The molecule has 0 saturated heterocycles. The quantitative estimate of drug-likeness (QED) is 0.816. The zero-order valence-corrected chi connectivity index (χ0v) is 12.9. The molecule has 1 aliphatic rings. The minimum atomic E-state index is 0.466. The molecule has 0 radical (unpaired) electrons. The third-order valence-corrected chi connectivity index (χ3v) is 4.26. The minimum Gasteiger partial charge on any atom is -0.382 e. The fourth-order valence-electron chi connectivity index (χ4n) is 2.92. The molecule has 1 saturated carbocycles. The highest BCUT2D eigenvalue weighted by Crippen LogP contribution is 2.24. The first-order valence-electron chi connectivity index (χ1n) is 7.73. The molecular weight excluding hydrogens is 284 g/mol. The van der Waals surface area contributed by atoms with Crippen LogP contribution in [0.15, 0.2) is 30.5 Å². The van der Waals surface area contributed by atoms with E-state index in [1.54, 1.807) is 0 Å². The van der Waals surface area contributed by atoms with Gasteiger partial charge in [0.25, 0.3) is 0 Å². The van der Waals surface area contributed by atoms with Crippen molar-refractivity contribution in [1.82, 2.24) is 4.98 Å². The molecule has 1 aliphatic carbocycles.